The molecule has 0 N–H and O–H groups in total. The lowest BCUT2D eigenvalue weighted by Gasteiger charge is -2.31. The summed E-state index contributed by atoms with van der Waals surface area (Å²) in [7, 11) is 0. The van der Waals surface area contributed by atoms with Crippen LogP contribution in [0.1, 0.15) is 6.42 Å². The van der Waals surface area contributed by atoms with E-state index in [-0.39, 0.29) is 16.5 Å². The van der Waals surface area contributed by atoms with E-state index in [1.807, 2.05) is 6.07 Å². The van der Waals surface area contributed by atoms with E-state index in [2.05, 4.69) is 0 Å². The highest BCUT2D eigenvalue weighted by Crippen LogP contribution is 2.73. The van der Waals surface area contributed by atoms with Gasteiger partial charge in [-0.05, 0) is 6.42 Å². The lowest BCUT2D eigenvalue weighted by atomic mass is 9.94. The Hall–Kier alpha value is 0.970. The summed E-state index contributed by atoms with van der Waals surface area (Å²) < 4.78 is -1.57. The maximum atomic E-state index is 8.97. The topological polar surface area (TPSA) is 23.8 Å². The molecule has 3 atom stereocenters. The Kier molecular flexibility index (Phi) is 2.69. The Morgan fingerprint density at radius 2 is 1.67 bits per heavy atom. The quantitative estimate of drug-likeness (QED) is 0.607. The van der Waals surface area contributed by atoms with E-state index in [0.29, 0.717) is 0 Å². The fraction of sp³-hybridized carbons (Fsp3) is 0.625. The smallest absolute Gasteiger partial charge is 0.167 e. The van der Waals surface area contributed by atoms with Crippen molar-refractivity contribution in [2.45, 2.75) is 20.5 Å². The van der Waals surface area contributed by atoms with Crippen LogP contribution in [0.3, 0.4) is 0 Å². The molecule has 0 aromatic carbocycles. The number of nitrogens with zero attached hydrogens (tertiary/aromatic N) is 1. The minimum atomic E-state index is -1.57. The molecule has 0 saturated heterocycles. The van der Waals surface area contributed by atoms with Crippen molar-refractivity contribution in [2.75, 3.05) is 0 Å². The first kappa shape index (κ1) is 12.4. The number of alkyl halides is 4. The Labute approximate surface area is 117 Å². The predicted molar refractivity (Wildman–Crippen MR) is 64.1 cm³/mol. The van der Waals surface area contributed by atoms with Crippen LogP contribution in [0.5, 0.6) is 0 Å². The second kappa shape index (κ2) is 3.25. The van der Waals surface area contributed by atoms with Crippen molar-refractivity contribution in [1.29, 1.82) is 5.26 Å². The van der Waals surface area contributed by atoms with E-state index >= 15 is 0 Å². The van der Waals surface area contributed by atoms with Gasteiger partial charge in [0.15, 0.2) is 4.33 Å². The highest BCUT2D eigenvalue weighted by Gasteiger charge is 2.78. The molecule has 0 amide bonds. The van der Waals surface area contributed by atoms with Gasteiger partial charge in [0.05, 0.1) is 22.1 Å². The predicted octanol–water partition coefficient (Wildman–Crippen LogP) is 4.36. The average molecular weight is 326 g/mol. The molecule has 2 aliphatic carbocycles. The monoisotopic (exact) mass is 323 g/mol. The van der Waals surface area contributed by atoms with E-state index in [1.165, 1.54) is 0 Å². The third-order valence-electron chi connectivity index (χ3n) is 2.94. The van der Waals surface area contributed by atoms with Crippen LogP contribution in [0.25, 0.3) is 0 Å². The molecule has 7 heteroatoms. The Morgan fingerprint density at radius 3 is 2.00 bits per heavy atom. The number of allylic oxidation sites excluding steroid dienone is 2. The first-order chi connectivity index (χ1) is 6.73. The van der Waals surface area contributed by atoms with Crippen molar-refractivity contribution >= 4 is 69.6 Å². The Morgan fingerprint density at radius 1 is 1.13 bits per heavy atom. The van der Waals surface area contributed by atoms with Crippen LogP contribution < -0.4 is 0 Å². The summed E-state index contributed by atoms with van der Waals surface area (Å²) in [6.07, 6.45) is 0.191. The summed E-state index contributed by atoms with van der Waals surface area (Å²) in [6, 6.07) is 2.01. The van der Waals surface area contributed by atoms with Gasteiger partial charge in [-0.2, -0.15) is 5.26 Å². The van der Waals surface area contributed by atoms with Crippen LogP contribution in [-0.4, -0.2) is 14.1 Å². The van der Waals surface area contributed by atoms with Crippen LogP contribution in [0.15, 0.2) is 10.1 Å². The first-order valence-corrected chi connectivity index (χ1v) is 6.21. The van der Waals surface area contributed by atoms with Gasteiger partial charge in [0.2, 0.25) is 0 Å². The van der Waals surface area contributed by atoms with Gasteiger partial charge < -0.3 is 0 Å². The summed E-state index contributed by atoms with van der Waals surface area (Å²) in [4.78, 5) is -2.68. The van der Waals surface area contributed by atoms with Gasteiger partial charge in [-0.3, -0.25) is 0 Å². The molecule has 0 aromatic rings. The summed E-state index contributed by atoms with van der Waals surface area (Å²) in [6.45, 7) is 0. The zero-order chi connectivity index (χ0) is 11.6. The molecule has 1 saturated carbocycles. The number of fused-ring (bicyclic) bond motifs is 2. The van der Waals surface area contributed by atoms with E-state index in [9.17, 15) is 0 Å². The van der Waals surface area contributed by atoms with Gasteiger partial charge in [0, 0.05) is 0 Å². The molecule has 2 aliphatic rings. The second-order valence-electron chi connectivity index (χ2n) is 3.60. The van der Waals surface area contributed by atoms with Crippen LogP contribution in [-0.2, 0) is 0 Å². The van der Waals surface area contributed by atoms with E-state index in [1.54, 1.807) is 0 Å². The SMILES string of the molecule is N#CC1CC2(Cl)C(Cl)=C(Cl)C1(Cl)C2(Cl)Cl. The number of halogens is 6. The van der Waals surface area contributed by atoms with Crippen molar-refractivity contribution < 1.29 is 0 Å². The molecular formula is C8H3Cl6N. The molecule has 15 heavy (non-hydrogen) atoms. The van der Waals surface area contributed by atoms with Crippen LogP contribution in [0, 0.1) is 17.2 Å². The molecule has 0 aromatic heterocycles. The van der Waals surface area contributed by atoms with Crippen molar-refractivity contribution in [1.82, 2.24) is 0 Å². The summed E-state index contributed by atoms with van der Waals surface area (Å²) in [5.74, 6) is -0.651. The molecule has 0 aliphatic heterocycles. The molecule has 0 radical (unpaired) electrons. The molecular weight excluding hydrogens is 323 g/mol. The van der Waals surface area contributed by atoms with E-state index < -0.39 is 20.0 Å². The summed E-state index contributed by atoms with van der Waals surface area (Å²) in [5.41, 5.74) is 0. The second-order valence-corrected chi connectivity index (χ2v) is 6.93. The van der Waals surface area contributed by atoms with Gasteiger partial charge in [-0.1, -0.05) is 46.4 Å². The third-order valence-corrected chi connectivity index (χ3v) is 7.22. The summed E-state index contributed by atoms with van der Waals surface area (Å²) >= 11 is 36.6. The molecule has 1 fully saturated rings. The van der Waals surface area contributed by atoms with Crippen LogP contribution in [0.4, 0.5) is 0 Å². The lowest BCUT2D eigenvalue weighted by Crippen LogP contribution is -2.44. The van der Waals surface area contributed by atoms with Gasteiger partial charge >= 0.3 is 0 Å². The highest BCUT2D eigenvalue weighted by molar-refractivity contribution is 6.65. The van der Waals surface area contributed by atoms with Gasteiger partial charge in [0.1, 0.15) is 9.75 Å². The van der Waals surface area contributed by atoms with Crippen molar-refractivity contribution in [2.24, 2.45) is 5.92 Å². The molecule has 3 unspecified atom stereocenters. The van der Waals surface area contributed by atoms with Crippen molar-refractivity contribution in [3.05, 3.63) is 10.1 Å². The van der Waals surface area contributed by atoms with E-state index in [4.69, 9.17) is 74.9 Å². The largest absolute Gasteiger partial charge is 0.198 e. The molecule has 0 heterocycles. The van der Waals surface area contributed by atoms with Gasteiger partial charge in [-0.25, -0.2) is 0 Å². The minimum Gasteiger partial charge on any atom is -0.198 e. The lowest BCUT2D eigenvalue weighted by molar-refractivity contribution is 0.579. The molecule has 82 valence electrons. The van der Waals surface area contributed by atoms with Gasteiger partial charge in [-0.15, -0.1) is 23.2 Å². The molecule has 1 nitrogen and oxygen atoms in total. The molecule has 2 rings (SSSR count). The summed E-state index contributed by atoms with van der Waals surface area (Å²) in [5, 5.41) is 9.18. The zero-order valence-electron chi connectivity index (χ0n) is 7.00. The third kappa shape index (κ3) is 1.09. The Bertz CT molecular complexity index is 410. The molecule has 2 bridgehead atoms. The van der Waals surface area contributed by atoms with Crippen LogP contribution >= 0.6 is 69.6 Å². The van der Waals surface area contributed by atoms with Crippen molar-refractivity contribution in [3.63, 3.8) is 0 Å². The normalized spacial score (nSPS) is 47.1. The van der Waals surface area contributed by atoms with E-state index in [0.717, 1.165) is 0 Å². The number of hydrogen-bond acceptors (Lipinski definition) is 1. The average Bonchev–Trinajstić information content (AvgIpc) is 2.39. The standard InChI is InChI=1S/C8H3Cl6N/c9-4-5(10)7(12)3(2-15)1-6(4,11)8(7,13)14/h3H,1H2. The van der Waals surface area contributed by atoms with Crippen LogP contribution in [0.2, 0.25) is 0 Å². The Balaban J connectivity index is 2.72. The number of nitriles is 1. The zero-order valence-corrected chi connectivity index (χ0v) is 11.5. The maximum Gasteiger partial charge on any atom is 0.167 e. The highest BCUT2D eigenvalue weighted by atomic mass is 35.5. The fourth-order valence-electron chi connectivity index (χ4n) is 2.04. The maximum absolute atomic E-state index is 8.97. The molecule has 0 spiro atoms. The fourth-order valence-corrected chi connectivity index (χ4v) is 4.76. The number of rotatable bonds is 0. The number of hydrogen-bond donors (Lipinski definition) is 0. The van der Waals surface area contributed by atoms with Gasteiger partial charge in [0.25, 0.3) is 0 Å². The minimum absolute atomic E-state index is 0.0728. The van der Waals surface area contributed by atoms with Crippen molar-refractivity contribution in [3.8, 4) is 6.07 Å². The first-order valence-electron chi connectivity index (χ1n) is 3.95.